The number of benzene rings is 1. The molecule has 1 atom stereocenters. The molecule has 0 amide bonds. The lowest BCUT2D eigenvalue weighted by molar-refractivity contribution is -0.148. The molecule has 18 heavy (non-hydrogen) atoms. The molecule has 0 fully saturated rings. The number of carbonyl (C=O) groups is 1. The Morgan fingerprint density at radius 1 is 1.33 bits per heavy atom. The van der Waals surface area contributed by atoms with Crippen LogP contribution >= 0.6 is 46.4 Å². The maximum Gasteiger partial charge on any atom is 0.358 e. The van der Waals surface area contributed by atoms with Gasteiger partial charge in [0.05, 0.1) is 5.02 Å². The van der Waals surface area contributed by atoms with E-state index in [0.717, 1.165) is 0 Å². The number of alkyl halides is 3. The molecule has 0 aromatic heterocycles. The third-order valence-corrected chi connectivity index (χ3v) is 2.63. The van der Waals surface area contributed by atoms with Crippen LogP contribution in [-0.4, -0.2) is 22.5 Å². The number of rotatable bonds is 4. The Kier molecular flexibility index (Phi) is 5.86. The maximum absolute atomic E-state index is 11.3. The second-order valence-electron chi connectivity index (χ2n) is 3.46. The topological polar surface area (TPSA) is 35.5 Å². The molecule has 7 heteroatoms. The lowest BCUT2D eigenvalue weighted by Crippen LogP contribution is -2.29. The molecule has 0 bridgehead atoms. The van der Waals surface area contributed by atoms with Crippen LogP contribution in [0.4, 0.5) is 0 Å². The molecule has 0 heterocycles. The van der Waals surface area contributed by atoms with E-state index in [2.05, 4.69) is 0 Å². The van der Waals surface area contributed by atoms with Crippen LogP contribution < -0.4 is 4.74 Å². The van der Waals surface area contributed by atoms with Crippen LogP contribution in [0.25, 0.3) is 0 Å². The van der Waals surface area contributed by atoms with E-state index < -0.39 is 15.9 Å². The quantitative estimate of drug-likeness (QED) is 0.617. The zero-order chi connectivity index (χ0) is 13.8. The molecule has 0 aliphatic heterocycles. The molecule has 0 N–H and O–H groups in total. The zero-order valence-corrected chi connectivity index (χ0v) is 12.4. The highest BCUT2D eigenvalue weighted by Gasteiger charge is 2.33. The molecule has 100 valence electrons. The second-order valence-corrected chi connectivity index (χ2v) is 6.14. The first-order chi connectivity index (χ1) is 8.30. The van der Waals surface area contributed by atoms with Crippen molar-refractivity contribution in [1.82, 2.24) is 0 Å². The molecule has 1 rings (SSSR count). The Morgan fingerprint density at radius 3 is 2.50 bits per heavy atom. The van der Waals surface area contributed by atoms with Crippen molar-refractivity contribution in [2.45, 2.75) is 16.8 Å². The summed E-state index contributed by atoms with van der Waals surface area (Å²) in [7, 11) is 0. The largest absolute Gasteiger partial charge is 0.488 e. The SMILES string of the molecule is CC(COc1ccccc1Cl)OC(=O)C(Cl)(Cl)Cl. The van der Waals surface area contributed by atoms with Gasteiger partial charge in [-0.15, -0.1) is 0 Å². The van der Waals surface area contributed by atoms with Crippen molar-refractivity contribution in [1.29, 1.82) is 0 Å². The minimum atomic E-state index is -2.08. The smallest absolute Gasteiger partial charge is 0.358 e. The van der Waals surface area contributed by atoms with Gasteiger partial charge in [-0.2, -0.15) is 0 Å². The van der Waals surface area contributed by atoms with Gasteiger partial charge < -0.3 is 9.47 Å². The van der Waals surface area contributed by atoms with Crippen LogP contribution in [0.2, 0.25) is 5.02 Å². The number of esters is 1. The van der Waals surface area contributed by atoms with E-state index in [4.69, 9.17) is 55.9 Å². The van der Waals surface area contributed by atoms with Crippen LogP contribution in [0.1, 0.15) is 6.92 Å². The van der Waals surface area contributed by atoms with Crippen LogP contribution in [-0.2, 0) is 9.53 Å². The first kappa shape index (κ1) is 15.7. The van der Waals surface area contributed by atoms with E-state index in [1.807, 2.05) is 0 Å². The highest BCUT2D eigenvalue weighted by molar-refractivity contribution is 6.75. The number of halogens is 4. The zero-order valence-electron chi connectivity index (χ0n) is 9.33. The van der Waals surface area contributed by atoms with Gasteiger partial charge in [0.2, 0.25) is 0 Å². The molecule has 3 nitrogen and oxygen atoms in total. The van der Waals surface area contributed by atoms with Gasteiger partial charge in [0.25, 0.3) is 3.79 Å². The Labute approximate surface area is 125 Å². The summed E-state index contributed by atoms with van der Waals surface area (Å²) in [6, 6.07) is 6.95. The van der Waals surface area contributed by atoms with Crippen molar-refractivity contribution in [3.05, 3.63) is 29.3 Å². The van der Waals surface area contributed by atoms with Crippen LogP contribution in [0, 0.1) is 0 Å². The predicted molar refractivity (Wildman–Crippen MR) is 72.8 cm³/mol. The van der Waals surface area contributed by atoms with E-state index in [9.17, 15) is 4.79 Å². The lowest BCUT2D eigenvalue weighted by atomic mass is 10.3. The number of hydrogen-bond donors (Lipinski definition) is 0. The van der Waals surface area contributed by atoms with Crippen LogP contribution in [0.5, 0.6) is 5.75 Å². The van der Waals surface area contributed by atoms with Gasteiger partial charge in [-0.1, -0.05) is 58.5 Å². The summed E-state index contributed by atoms with van der Waals surface area (Å²) in [5.41, 5.74) is 0. The first-order valence-electron chi connectivity index (χ1n) is 4.96. The van der Waals surface area contributed by atoms with Gasteiger partial charge in [-0.05, 0) is 19.1 Å². The van der Waals surface area contributed by atoms with E-state index in [-0.39, 0.29) is 6.61 Å². The normalized spacial score (nSPS) is 12.9. The summed E-state index contributed by atoms with van der Waals surface area (Å²) >= 11 is 22.0. The molecule has 0 aliphatic rings. The molecule has 0 aliphatic carbocycles. The first-order valence-corrected chi connectivity index (χ1v) is 6.47. The van der Waals surface area contributed by atoms with Crippen molar-refractivity contribution >= 4 is 52.4 Å². The third-order valence-electron chi connectivity index (χ3n) is 1.85. The second kappa shape index (κ2) is 6.71. The Balaban J connectivity index is 2.45. The molecule has 0 saturated carbocycles. The lowest BCUT2D eigenvalue weighted by Gasteiger charge is -2.17. The summed E-state index contributed by atoms with van der Waals surface area (Å²) < 4.78 is 8.16. The highest BCUT2D eigenvalue weighted by Crippen LogP contribution is 2.28. The molecule has 0 spiro atoms. The number of para-hydroxylation sites is 1. The van der Waals surface area contributed by atoms with E-state index in [1.54, 1.807) is 31.2 Å². The third kappa shape index (κ3) is 5.11. The van der Waals surface area contributed by atoms with Crippen molar-refractivity contribution < 1.29 is 14.3 Å². The van der Waals surface area contributed by atoms with Gasteiger partial charge in [0, 0.05) is 0 Å². The average molecular weight is 332 g/mol. The maximum atomic E-state index is 11.3. The van der Waals surface area contributed by atoms with Crippen molar-refractivity contribution in [3.8, 4) is 5.75 Å². The average Bonchev–Trinajstić information content (AvgIpc) is 2.26. The highest BCUT2D eigenvalue weighted by atomic mass is 35.6. The van der Waals surface area contributed by atoms with E-state index in [0.29, 0.717) is 10.8 Å². The molecule has 1 unspecified atom stereocenters. The van der Waals surface area contributed by atoms with Gasteiger partial charge in [0.1, 0.15) is 18.5 Å². The summed E-state index contributed by atoms with van der Waals surface area (Å²) in [5, 5.41) is 0.470. The monoisotopic (exact) mass is 330 g/mol. The number of carbonyl (C=O) groups excluding carboxylic acids is 1. The van der Waals surface area contributed by atoms with E-state index in [1.165, 1.54) is 0 Å². The molecular formula is C11H10Cl4O3. The van der Waals surface area contributed by atoms with Gasteiger partial charge in [-0.25, -0.2) is 4.79 Å². The predicted octanol–water partition coefficient (Wildman–Crippen LogP) is 4.02. The summed E-state index contributed by atoms with van der Waals surface area (Å²) in [6.45, 7) is 1.72. The Bertz CT molecular complexity index is 417. The van der Waals surface area contributed by atoms with Crippen LogP contribution in [0.3, 0.4) is 0 Å². The van der Waals surface area contributed by atoms with Gasteiger partial charge in [0.15, 0.2) is 0 Å². The molecule has 1 aromatic rings. The Morgan fingerprint density at radius 2 is 1.94 bits per heavy atom. The number of hydrogen-bond acceptors (Lipinski definition) is 3. The molecule has 0 saturated heterocycles. The minimum absolute atomic E-state index is 0.107. The van der Waals surface area contributed by atoms with E-state index >= 15 is 0 Å². The molecule has 0 radical (unpaired) electrons. The number of ether oxygens (including phenoxy) is 2. The summed E-state index contributed by atoms with van der Waals surface area (Å²) in [6.07, 6.45) is -0.565. The fraction of sp³-hybridized carbons (Fsp3) is 0.364. The molecule has 1 aromatic carbocycles. The summed E-state index contributed by atoms with van der Waals surface area (Å²) in [5.74, 6) is -0.446. The van der Waals surface area contributed by atoms with Crippen LogP contribution in [0.15, 0.2) is 24.3 Å². The van der Waals surface area contributed by atoms with Gasteiger partial charge in [-0.3, -0.25) is 0 Å². The van der Waals surface area contributed by atoms with Crippen molar-refractivity contribution in [2.24, 2.45) is 0 Å². The van der Waals surface area contributed by atoms with Crippen molar-refractivity contribution in [3.63, 3.8) is 0 Å². The Hall–Kier alpha value is -0.350. The summed E-state index contributed by atoms with van der Waals surface area (Å²) in [4.78, 5) is 11.3. The van der Waals surface area contributed by atoms with Crippen molar-refractivity contribution in [2.75, 3.05) is 6.61 Å². The molecular weight excluding hydrogens is 322 g/mol. The fourth-order valence-corrected chi connectivity index (χ4v) is 1.38. The fourth-order valence-electron chi connectivity index (χ4n) is 1.05. The standard InChI is InChI=1S/C11H10Cl4O3/c1-7(18-10(16)11(13,14)15)6-17-9-5-3-2-4-8(9)12/h2-5,7H,6H2,1H3. The van der Waals surface area contributed by atoms with Gasteiger partial charge >= 0.3 is 5.97 Å². The minimum Gasteiger partial charge on any atom is -0.488 e.